The van der Waals surface area contributed by atoms with Gasteiger partial charge in [-0.05, 0) is 49.8 Å². The van der Waals surface area contributed by atoms with Crippen LogP contribution < -0.4 is 10.9 Å². The fourth-order valence-electron chi connectivity index (χ4n) is 4.45. The molecule has 0 radical (unpaired) electrons. The number of amides is 3. The van der Waals surface area contributed by atoms with Crippen LogP contribution in [0.5, 0.6) is 0 Å². The number of likely N-dealkylation sites (N-methyl/N-ethyl adjacent to an activating group) is 1. The molecule has 3 aromatic heterocycles. The van der Waals surface area contributed by atoms with Crippen LogP contribution in [0, 0.1) is 11.7 Å². The molecule has 3 rings (SSSR count). The summed E-state index contributed by atoms with van der Waals surface area (Å²) >= 11 is 0. The molecule has 0 aromatic carbocycles. The summed E-state index contributed by atoms with van der Waals surface area (Å²) in [6.07, 6.45) is 4.50. The van der Waals surface area contributed by atoms with E-state index in [9.17, 15) is 23.6 Å². The quantitative estimate of drug-likeness (QED) is 0.279. The van der Waals surface area contributed by atoms with Crippen LogP contribution in [0.15, 0.2) is 35.3 Å². The third kappa shape index (κ3) is 8.74. The van der Waals surface area contributed by atoms with Crippen LogP contribution in [0.2, 0.25) is 0 Å². The van der Waals surface area contributed by atoms with Crippen LogP contribution in [0.1, 0.15) is 57.2 Å². The van der Waals surface area contributed by atoms with E-state index in [1.54, 1.807) is 26.2 Å². The predicted octanol–water partition coefficient (Wildman–Crippen LogP) is 3.89. The lowest BCUT2D eigenvalue weighted by molar-refractivity contribution is -0.125. The number of fused-ring (bicyclic) bond motifs is 1. The lowest BCUT2D eigenvalue weighted by atomic mass is 10.1. The number of aromatic nitrogens is 4. The van der Waals surface area contributed by atoms with E-state index in [2.05, 4.69) is 20.3 Å². The minimum atomic E-state index is -1.22. The maximum atomic E-state index is 14.6. The molecule has 0 saturated carbocycles. The van der Waals surface area contributed by atoms with E-state index in [1.165, 1.54) is 40.6 Å². The van der Waals surface area contributed by atoms with E-state index in [0.29, 0.717) is 41.5 Å². The molecular formula is C31H42FN7O5. The van der Waals surface area contributed by atoms with Crippen LogP contribution >= 0.6 is 0 Å². The molecule has 1 atom stereocenters. The molecule has 13 heteroatoms. The number of rotatable bonds is 13. The Kier molecular flexibility index (Phi) is 11.8. The Morgan fingerprint density at radius 1 is 1.16 bits per heavy atom. The van der Waals surface area contributed by atoms with Crippen molar-refractivity contribution in [3.05, 3.63) is 63.9 Å². The highest BCUT2D eigenvalue weighted by Crippen LogP contribution is 2.21. The first-order chi connectivity index (χ1) is 20.8. The minimum Gasteiger partial charge on any atom is -0.436 e. The molecule has 3 heterocycles. The van der Waals surface area contributed by atoms with Crippen LogP contribution in [0.25, 0.3) is 11.0 Å². The normalized spacial score (nSPS) is 12.1. The summed E-state index contributed by atoms with van der Waals surface area (Å²) in [5, 5.41) is 2.62. The van der Waals surface area contributed by atoms with Gasteiger partial charge in [-0.2, -0.15) is 0 Å². The second-order valence-electron chi connectivity index (χ2n) is 11.4. The molecule has 0 saturated heterocycles. The van der Waals surface area contributed by atoms with Crippen LogP contribution in [-0.4, -0.2) is 81.5 Å². The number of nitrogens with zero attached hydrogens (tertiary/aromatic N) is 5. The number of carbonyl (C=O) groups is 3. The predicted molar refractivity (Wildman–Crippen MR) is 166 cm³/mol. The molecule has 44 heavy (non-hydrogen) atoms. The Morgan fingerprint density at radius 3 is 2.52 bits per heavy atom. The maximum Gasteiger partial charge on any atom is 0.410 e. The zero-order valence-corrected chi connectivity index (χ0v) is 26.4. The van der Waals surface area contributed by atoms with Gasteiger partial charge in [-0.1, -0.05) is 33.3 Å². The van der Waals surface area contributed by atoms with Gasteiger partial charge in [0.1, 0.15) is 17.0 Å². The molecule has 0 spiro atoms. The van der Waals surface area contributed by atoms with Gasteiger partial charge in [-0.25, -0.2) is 14.2 Å². The molecule has 238 valence electrons. The second-order valence-corrected chi connectivity index (χ2v) is 11.4. The number of nitrogens with one attached hydrogen (secondary N) is 2. The van der Waals surface area contributed by atoms with Gasteiger partial charge in [0.25, 0.3) is 11.5 Å². The van der Waals surface area contributed by atoms with Crippen molar-refractivity contribution >= 4 is 34.6 Å². The van der Waals surface area contributed by atoms with Crippen molar-refractivity contribution in [2.45, 2.75) is 65.5 Å². The summed E-state index contributed by atoms with van der Waals surface area (Å²) in [7, 11) is 6.22. The van der Waals surface area contributed by atoms with Crippen molar-refractivity contribution in [2.75, 3.05) is 33.5 Å². The molecule has 12 nitrogen and oxygen atoms in total. The van der Waals surface area contributed by atoms with E-state index >= 15 is 0 Å². The van der Waals surface area contributed by atoms with Gasteiger partial charge in [0.15, 0.2) is 11.9 Å². The number of hydrogen-bond acceptors (Lipinski definition) is 7. The lowest BCUT2D eigenvalue weighted by Crippen LogP contribution is -2.38. The number of halogens is 1. The van der Waals surface area contributed by atoms with Gasteiger partial charge >= 0.3 is 6.09 Å². The summed E-state index contributed by atoms with van der Waals surface area (Å²) in [5.41, 5.74) is 1.56. The van der Waals surface area contributed by atoms with E-state index < -0.39 is 29.5 Å². The minimum absolute atomic E-state index is 0.0106. The van der Waals surface area contributed by atoms with Gasteiger partial charge in [-0.3, -0.25) is 19.4 Å². The maximum absolute atomic E-state index is 14.6. The Labute approximate surface area is 256 Å². The number of carbonyl (C=O) groups excluding carboxylic acids is 3. The van der Waals surface area contributed by atoms with Crippen LogP contribution in [-0.2, 0) is 33.7 Å². The van der Waals surface area contributed by atoms with Gasteiger partial charge in [0.05, 0.1) is 24.0 Å². The van der Waals surface area contributed by atoms with Gasteiger partial charge in [0.2, 0.25) is 5.91 Å². The standard InChI is InChI=1S/C31H42FN7O5/c1-8-11-20-14-15-22(34-29(41)24(44-31(43)38(6)7)12-9-10-13-26(40)37(4)5)30(42)39(20)18-25-35-27-21(32)17-33-23(16-19(2)3)28(27)36-25/h10,13-15,17,19,24H,8-9,11-12,16,18H2,1-7H3,(H,34,41)(H,35,36). The smallest absolute Gasteiger partial charge is 0.410 e. The number of ether oxygens (including phenoxy) is 1. The fourth-order valence-corrected chi connectivity index (χ4v) is 4.45. The summed E-state index contributed by atoms with van der Waals surface area (Å²) in [5.74, 6) is -0.800. The van der Waals surface area contributed by atoms with E-state index in [4.69, 9.17) is 4.74 Å². The number of aryl methyl sites for hydroxylation is 1. The van der Waals surface area contributed by atoms with Gasteiger partial charge < -0.3 is 29.4 Å². The highest BCUT2D eigenvalue weighted by atomic mass is 19.1. The average Bonchev–Trinajstić information content (AvgIpc) is 3.39. The monoisotopic (exact) mass is 611 g/mol. The van der Waals surface area contributed by atoms with E-state index in [1.807, 2.05) is 20.8 Å². The Bertz CT molecular complexity index is 1580. The zero-order valence-electron chi connectivity index (χ0n) is 26.4. The van der Waals surface area contributed by atoms with E-state index in [-0.39, 0.29) is 36.5 Å². The van der Waals surface area contributed by atoms with Gasteiger partial charge in [-0.15, -0.1) is 0 Å². The van der Waals surface area contributed by atoms with E-state index in [0.717, 1.165) is 12.6 Å². The number of pyridine rings is 2. The SMILES string of the molecule is CCCc1ccc(NC(=O)C(CCC=CC(=O)N(C)C)OC(=O)N(C)C)c(=O)n1Cc1nc2c(F)cnc(CC(C)C)c2[nH]1. The molecule has 1 unspecified atom stereocenters. The first-order valence-electron chi connectivity index (χ1n) is 14.6. The van der Waals surface area contributed by atoms with Crippen LogP contribution in [0.3, 0.4) is 0 Å². The second kappa shape index (κ2) is 15.3. The number of hydrogen-bond donors (Lipinski definition) is 2. The topological polar surface area (TPSA) is 143 Å². The molecule has 0 aliphatic rings. The van der Waals surface area contributed by atoms with Crippen LogP contribution in [0.4, 0.5) is 14.9 Å². The number of imidazole rings is 1. The van der Waals surface area contributed by atoms with Crippen molar-refractivity contribution in [1.82, 2.24) is 29.3 Å². The highest BCUT2D eigenvalue weighted by molar-refractivity contribution is 5.95. The molecule has 2 N–H and O–H groups in total. The first kappa shape index (κ1) is 33.9. The number of aromatic amines is 1. The Balaban J connectivity index is 1.91. The lowest BCUT2D eigenvalue weighted by Gasteiger charge is -2.20. The first-order valence-corrected chi connectivity index (χ1v) is 14.6. The van der Waals surface area contributed by atoms with Crippen molar-refractivity contribution in [2.24, 2.45) is 5.92 Å². The number of H-pyrrole nitrogens is 1. The van der Waals surface area contributed by atoms with Gasteiger partial charge in [0, 0.05) is 33.9 Å². The fraction of sp³-hybridized carbons (Fsp3) is 0.484. The zero-order chi connectivity index (χ0) is 32.6. The average molecular weight is 612 g/mol. The molecule has 0 aliphatic heterocycles. The van der Waals surface area contributed by atoms with Crippen molar-refractivity contribution in [1.29, 1.82) is 0 Å². The largest absolute Gasteiger partial charge is 0.436 e. The molecular weight excluding hydrogens is 569 g/mol. The third-order valence-electron chi connectivity index (χ3n) is 6.74. The van der Waals surface area contributed by atoms with Crippen molar-refractivity contribution in [3.63, 3.8) is 0 Å². The van der Waals surface area contributed by atoms with Crippen molar-refractivity contribution in [3.8, 4) is 0 Å². The summed E-state index contributed by atoms with van der Waals surface area (Å²) in [6, 6.07) is 3.26. The highest BCUT2D eigenvalue weighted by Gasteiger charge is 2.25. The molecule has 0 bridgehead atoms. The third-order valence-corrected chi connectivity index (χ3v) is 6.74. The molecule has 3 aromatic rings. The summed E-state index contributed by atoms with van der Waals surface area (Å²) in [4.78, 5) is 65.6. The molecule has 0 fully saturated rings. The summed E-state index contributed by atoms with van der Waals surface area (Å²) < 4.78 is 21.5. The Morgan fingerprint density at radius 2 is 1.89 bits per heavy atom. The molecule has 0 aliphatic carbocycles. The number of anilines is 1. The Hall–Kier alpha value is -4.55. The number of allylic oxidation sites excluding steroid dienone is 1. The van der Waals surface area contributed by atoms with Crippen molar-refractivity contribution < 1.29 is 23.5 Å². The summed E-state index contributed by atoms with van der Waals surface area (Å²) in [6.45, 7) is 6.07. The molecule has 3 amide bonds.